The van der Waals surface area contributed by atoms with Crippen molar-refractivity contribution < 1.29 is 0 Å². The zero-order chi connectivity index (χ0) is 9.90. The van der Waals surface area contributed by atoms with E-state index in [9.17, 15) is 4.91 Å². The molecule has 1 rings (SSSR count). The Balaban J connectivity index is 2.68. The number of halogens is 1. The van der Waals surface area contributed by atoms with E-state index in [0.717, 1.165) is 12.8 Å². The van der Waals surface area contributed by atoms with Gasteiger partial charge >= 0.3 is 0 Å². The summed E-state index contributed by atoms with van der Waals surface area (Å²) in [5.74, 6) is 0. The minimum Gasteiger partial charge on any atom is -0.238 e. The van der Waals surface area contributed by atoms with E-state index in [1.165, 1.54) is 24.3 Å². The maximum atomic E-state index is 10.6. The van der Waals surface area contributed by atoms with Gasteiger partial charge in [-0.3, -0.25) is 0 Å². The molecule has 0 bridgehead atoms. The Labute approximate surface area is 84.4 Å². The summed E-state index contributed by atoms with van der Waals surface area (Å²) in [6, 6.07) is 0. The van der Waals surface area contributed by atoms with Crippen LogP contribution in [0.1, 0.15) is 46.0 Å². The van der Waals surface area contributed by atoms with Gasteiger partial charge in [0.15, 0.2) is 0 Å². The molecule has 1 unspecified atom stereocenters. The van der Waals surface area contributed by atoms with Gasteiger partial charge in [0.1, 0.15) is 5.50 Å². The van der Waals surface area contributed by atoms with Gasteiger partial charge in [-0.1, -0.05) is 30.9 Å². The highest BCUT2D eigenvalue weighted by Crippen LogP contribution is 2.35. The quantitative estimate of drug-likeness (QED) is 0.306. The number of hydrogen-bond donors (Lipinski definition) is 0. The van der Waals surface area contributed by atoms with Crippen LogP contribution < -0.4 is 0 Å². The lowest BCUT2D eigenvalue weighted by Crippen LogP contribution is -2.46. The molecule has 13 heavy (non-hydrogen) atoms. The summed E-state index contributed by atoms with van der Waals surface area (Å²) in [4.78, 5) is 10.6. The van der Waals surface area contributed by atoms with E-state index in [-0.39, 0.29) is 11.0 Å². The average Bonchev–Trinajstić information content (AvgIpc) is 2.05. The topological polar surface area (TPSA) is 32.7 Å². The lowest BCUT2D eigenvalue weighted by atomic mass is 9.83. The fourth-order valence-corrected chi connectivity index (χ4v) is 2.41. The van der Waals surface area contributed by atoms with E-state index in [1.807, 2.05) is 0 Å². The van der Waals surface area contributed by atoms with Gasteiger partial charge in [0, 0.05) is 0 Å². The fraction of sp³-hybridized carbons (Fsp3) is 1.00. The average molecular weight is 205 g/mol. The third kappa shape index (κ3) is 2.33. The number of rotatable bonds is 3. The van der Waals surface area contributed by atoms with Crippen LogP contribution in [0.2, 0.25) is 0 Å². The van der Waals surface area contributed by atoms with Crippen LogP contribution in [0.5, 0.6) is 0 Å². The van der Waals surface area contributed by atoms with Crippen molar-refractivity contribution in [2.24, 2.45) is 5.29 Å². The lowest BCUT2D eigenvalue weighted by molar-refractivity contribution is 0.0589. The molecule has 0 aromatic rings. The molecule has 0 aliphatic heterocycles. The SMILES string of the molecule is CC(Cl)N(N=O)C1(C)CCCCC1. The van der Waals surface area contributed by atoms with E-state index in [1.54, 1.807) is 6.92 Å². The molecule has 0 radical (unpaired) electrons. The first kappa shape index (κ1) is 10.8. The second-order valence-corrected chi connectivity index (χ2v) is 4.69. The minimum atomic E-state index is -0.305. The highest BCUT2D eigenvalue weighted by Gasteiger charge is 2.35. The largest absolute Gasteiger partial charge is 0.238 e. The van der Waals surface area contributed by atoms with Gasteiger partial charge in [-0.15, -0.1) is 4.91 Å². The Hall–Kier alpha value is -0.310. The number of nitrogens with zero attached hydrogens (tertiary/aromatic N) is 2. The highest BCUT2D eigenvalue weighted by molar-refractivity contribution is 6.20. The first-order chi connectivity index (χ1) is 6.10. The molecule has 0 spiro atoms. The van der Waals surface area contributed by atoms with Crippen LogP contribution in [-0.2, 0) is 0 Å². The summed E-state index contributed by atoms with van der Waals surface area (Å²) in [7, 11) is 0. The molecule has 1 atom stereocenters. The van der Waals surface area contributed by atoms with Crippen molar-refractivity contribution in [1.29, 1.82) is 0 Å². The summed E-state index contributed by atoms with van der Waals surface area (Å²) in [6.45, 7) is 3.87. The Morgan fingerprint density at radius 1 is 1.38 bits per heavy atom. The van der Waals surface area contributed by atoms with Crippen LogP contribution in [0.3, 0.4) is 0 Å². The van der Waals surface area contributed by atoms with Gasteiger partial charge in [-0.2, -0.15) is 0 Å². The predicted molar refractivity (Wildman–Crippen MR) is 54.4 cm³/mol. The van der Waals surface area contributed by atoms with Crippen molar-refractivity contribution in [3.8, 4) is 0 Å². The summed E-state index contributed by atoms with van der Waals surface area (Å²) >= 11 is 5.90. The normalized spacial score (nSPS) is 23.6. The molecule has 3 nitrogen and oxygen atoms in total. The van der Waals surface area contributed by atoms with Crippen LogP contribution in [-0.4, -0.2) is 16.0 Å². The fourth-order valence-electron chi connectivity index (χ4n) is 2.14. The lowest BCUT2D eigenvalue weighted by Gasteiger charge is -2.41. The van der Waals surface area contributed by atoms with Gasteiger partial charge < -0.3 is 0 Å². The second kappa shape index (κ2) is 4.27. The first-order valence-electron chi connectivity index (χ1n) is 4.87. The predicted octanol–water partition coefficient (Wildman–Crippen LogP) is 3.28. The summed E-state index contributed by atoms with van der Waals surface area (Å²) in [5.41, 5.74) is -0.415. The third-order valence-electron chi connectivity index (χ3n) is 2.91. The molecule has 0 amide bonds. The van der Waals surface area contributed by atoms with Gasteiger partial charge in [0.25, 0.3) is 0 Å². The van der Waals surface area contributed by atoms with Crippen molar-refractivity contribution in [1.82, 2.24) is 5.01 Å². The first-order valence-corrected chi connectivity index (χ1v) is 5.30. The summed E-state index contributed by atoms with van der Waals surface area (Å²) in [5, 5.41) is 4.54. The maximum absolute atomic E-state index is 10.6. The summed E-state index contributed by atoms with van der Waals surface area (Å²) < 4.78 is 0. The molecule has 1 aliphatic carbocycles. The molecular weight excluding hydrogens is 188 g/mol. The van der Waals surface area contributed by atoms with Gasteiger partial charge in [-0.25, -0.2) is 5.01 Å². The van der Waals surface area contributed by atoms with Crippen LogP contribution in [0, 0.1) is 4.91 Å². The molecule has 0 aromatic carbocycles. The maximum Gasteiger partial charge on any atom is 0.121 e. The molecule has 1 aliphatic rings. The number of hydrogen-bond acceptors (Lipinski definition) is 2. The molecule has 1 saturated carbocycles. The van der Waals surface area contributed by atoms with Gasteiger partial charge in [0.2, 0.25) is 0 Å². The number of alkyl halides is 1. The molecule has 4 heteroatoms. The Morgan fingerprint density at radius 3 is 2.31 bits per heavy atom. The monoisotopic (exact) mass is 204 g/mol. The molecule has 0 aromatic heterocycles. The molecule has 0 N–H and O–H groups in total. The smallest absolute Gasteiger partial charge is 0.121 e. The van der Waals surface area contributed by atoms with Crippen LogP contribution in [0.15, 0.2) is 5.29 Å². The number of nitroso groups, excluding NO2 is 1. The van der Waals surface area contributed by atoms with E-state index in [0.29, 0.717) is 0 Å². The zero-order valence-electron chi connectivity index (χ0n) is 8.29. The molecule has 0 heterocycles. The van der Waals surface area contributed by atoms with Crippen LogP contribution in [0.25, 0.3) is 0 Å². The van der Waals surface area contributed by atoms with Crippen LogP contribution >= 0.6 is 11.6 Å². The molecule has 76 valence electrons. The van der Waals surface area contributed by atoms with Crippen molar-refractivity contribution in [2.45, 2.75) is 57.0 Å². The molecular formula is C9H17ClN2O. The third-order valence-corrected chi connectivity index (χ3v) is 3.09. The van der Waals surface area contributed by atoms with E-state index in [2.05, 4.69) is 12.2 Å². The van der Waals surface area contributed by atoms with E-state index in [4.69, 9.17) is 11.6 Å². The standard InChI is InChI=1S/C9H17ClN2O/c1-8(10)12(11-13)9(2)6-4-3-5-7-9/h8H,3-7H2,1-2H3. The van der Waals surface area contributed by atoms with Crippen LogP contribution in [0.4, 0.5) is 0 Å². The Bertz CT molecular complexity index is 178. The van der Waals surface area contributed by atoms with Crippen molar-refractivity contribution in [3.05, 3.63) is 4.91 Å². The van der Waals surface area contributed by atoms with E-state index >= 15 is 0 Å². The van der Waals surface area contributed by atoms with Crippen molar-refractivity contribution in [2.75, 3.05) is 0 Å². The molecule has 1 fully saturated rings. The van der Waals surface area contributed by atoms with Gasteiger partial charge in [0.05, 0.1) is 10.8 Å². The minimum absolute atomic E-state index is 0.110. The second-order valence-electron chi connectivity index (χ2n) is 4.06. The van der Waals surface area contributed by atoms with Crippen molar-refractivity contribution in [3.63, 3.8) is 0 Å². The van der Waals surface area contributed by atoms with Crippen molar-refractivity contribution >= 4 is 11.6 Å². The Morgan fingerprint density at radius 2 is 1.92 bits per heavy atom. The highest BCUT2D eigenvalue weighted by atomic mass is 35.5. The zero-order valence-corrected chi connectivity index (χ0v) is 9.05. The van der Waals surface area contributed by atoms with Gasteiger partial charge in [-0.05, 0) is 26.7 Å². The van der Waals surface area contributed by atoms with E-state index < -0.39 is 0 Å². The summed E-state index contributed by atoms with van der Waals surface area (Å²) in [6.07, 6.45) is 5.66. The Kier molecular flexibility index (Phi) is 3.54. The molecule has 0 saturated heterocycles.